The molecule has 0 aliphatic carbocycles. The quantitative estimate of drug-likeness (QED) is 0.827. The number of carbonyl (C=O) groups excluding carboxylic acids is 1. The van der Waals surface area contributed by atoms with Crippen LogP contribution in [-0.4, -0.2) is 40.4 Å². The van der Waals surface area contributed by atoms with E-state index in [1.807, 2.05) is 6.92 Å². The average Bonchev–Trinajstić information content (AvgIpc) is 2.61. The maximum atomic E-state index is 11.8. The molecule has 0 bridgehead atoms. The van der Waals surface area contributed by atoms with Crippen molar-refractivity contribution in [1.82, 2.24) is 14.9 Å². The minimum absolute atomic E-state index is 0.0989. The summed E-state index contributed by atoms with van der Waals surface area (Å²) in [5.41, 5.74) is 0.858. The summed E-state index contributed by atoms with van der Waals surface area (Å²) in [5.74, 6) is 0.767. The van der Waals surface area contributed by atoms with Gasteiger partial charge in [-0.3, -0.25) is 4.79 Å². The molecule has 17 heavy (non-hydrogen) atoms. The zero-order valence-electron chi connectivity index (χ0n) is 9.90. The number of likely N-dealkylation sites (tertiary alicyclic amines) is 1. The minimum Gasteiger partial charge on any atom is -0.358 e. The Kier molecular flexibility index (Phi) is 3.47. The lowest BCUT2D eigenvalue weighted by atomic mass is 10.2. The van der Waals surface area contributed by atoms with Crippen molar-refractivity contribution in [3.63, 3.8) is 0 Å². The van der Waals surface area contributed by atoms with E-state index in [0.717, 1.165) is 24.9 Å². The first-order valence-electron chi connectivity index (χ1n) is 5.64. The van der Waals surface area contributed by atoms with Gasteiger partial charge < -0.3 is 10.2 Å². The molecule has 92 valence electrons. The van der Waals surface area contributed by atoms with Crippen molar-refractivity contribution in [3.8, 4) is 0 Å². The second-order valence-electron chi connectivity index (χ2n) is 4.09. The SMILES string of the molecule is CCc1c(Cl)ncnc1NC1CCN(C)C1=O. The normalized spacial score (nSPS) is 19.8. The Morgan fingerprint density at radius 1 is 1.59 bits per heavy atom. The molecule has 1 aliphatic rings. The molecule has 1 unspecified atom stereocenters. The molecule has 1 N–H and O–H groups in total. The molecule has 6 heteroatoms. The molecule has 0 spiro atoms. The minimum atomic E-state index is -0.198. The zero-order chi connectivity index (χ0) is 12.4. The summed E-state index contributed by atoms with van der Waals surface area (Å²) in [6, 6.07) is -0.198. The number of hydrogen-bond acceptors (Lipinski definition) is 4. The van der Waals surface area contributed by atoms with Gasteiger partial charge in [-0.1, -0.05) is 18.5 Å². The molecule has 1 aliphatic heterocycles. The van der Waals surface area contributed by atoms with Gasteiger partial charge in [0.2, 0.25) is 5.91 Å². The van der Waals surface area contributed by atoms with Crippen molar-refractivity contribution in [1.29, 1.82) is 0 Å². The van der Waals surface area contributed by atoms with Crippen molar-refractivity contribution in [2.75, 3.05) is 18.9 Å². The summed E-state index contributed by atoms with van der Waals surface area (Å²) in [5, 5.41) is 3.60. The molecule has 1 atom stereocenters. The molecule has 0 saturated carbocycles. The van der Waals surface area contributed by atoms with Gasteiger partial charge in [-0.25, -0.2) is 9.97 Å². The largest absolute Gasteiger partial charge is 0.358 e. The number of nitrogens with one attached hydrogen (secondary N) is 1. The predicted octanol–water partition coefficient (Wildman–Crippen LogP) is 1.33. The first-order valence-corrected chi connectivity index (χ1v) is 6.02. The molecule has 1 aromatic rings. The summed E-state index contributed by atoms with van der Waals surface area (Å²) in [7, 11) is 1.80. The Morgan fingerprint density at radius 3 is 2.94 bits per heavy atom. The number of carbonyl (C=O) groups is 1. The lowest BCUT2D eigenvalue weighted by molar-refractivity contribution is -0.127. The van der Waals surface area contributed by atoms with Crippen LogP contribution in [0.5, 0.6) is 0 Å². The van der Waals surface area contributed by atoms with Crippen LogP contribution in [-0.2, 0) is 11.2 Å². The van der Waals surface area contributed by atoms with Gasteiger partial charge in [0.1, 0.15) is 23.3 Å². The van der Waals surface area contributed by atoms with E-state index in [2.05, 4.69) is 15.3 Å². The van der Waals surface area contributed by atoms with Gasteiger partial charge in [0.05, 0.1) is 0 Å². The van der Waals surface area contributed by atoms with E-state index in [1.165, 1.54) is 6.33 Å². The van der Waals surface area contributed by atoms with E-state index >= 15 is 0 Å². The van der Waals surface area contributed by atoms with Crippen LogP contribution in [0.1, 0.15) is 18.9 Å². The molecule has 2 rings (SSSR count). The fourth-order valence-corrected chi connectivity index (χ4v) is 2.22. The van der Waals surface area contributed by atoms with Crippen molar-refractivity contribution in [3.05, 3.63) is 17.0 Å². The van der Waals surface area contributed by atoms with Crippen molar-refractivity contribution < 1.29 is 4.79 Å². The monoisotopic (exact) mass is 254 g/mol. The Morgan fingerprint density at radius 2 is 2.35 bits per heavy atom. The van der Waals surface area contributed by atoms with Crippen LogP contribution in [0.3, 0.4) is 0 Å². The highest BCUT2D eigenvalue weighted by Gasteiger charge is 2.29. The Balaban J connectivity index is 2.19. The number of anilines is 1. The maximum Gasteiger partial charge on any atom is 0.244 e. The van der Waals surface area contributed by atoms with Crippen molar-refractivity contribution in [2.24, 2.45) is 0 Å². The number of amides is 1. The van der Waals surface area contributed by atoms with Crippen molar-refractivity contribution >= 4 is 23.3 Å². The third-order valence-electron chi connectivity index (χ3n) is 2.98. The Labute approximate surface area is 105 Å². The number of hydrogen-bond donors (Lipinski definition) is 1. The molecule has 1 fully saturated rings. The molecule has 2 heterocycles. The number of likely N-dealkylation sites (N-methyl/N-ethyl adjacent to an activating group) is 1. The van der Waals surface area contributed by atoms with Crippen LogP contribution in [0.15, 0.2) is 6.33 Å². The molecule has 0 aromatic carbocycles. The standard InChI is InChI=1S/C11H15ClN4O/c1-3-7-9(12)13-6-14-10(7)15-8-4-5-16(2)11(8)17/h6,8H,3-5H2,1-2H3,(H,13,14,15). The smallest absolute Gasteiger partial charge is 0.244 e. The predicted molar refractivity (Wildman–Crippen MR) is 66.1 cm³/mol. The second kappa shape index (κ2) is 4.87. The molecule has 1 aromatic heterocycles. The summed E-state index contributed by atoms with van der Waals surface area (Å²) >= 11 is 5.99. The third kappa shape index (κ3) is 2.34. The van der Waals surface area contributed by atoms with E-state index in [4.69, 9.17) is 11.6 Å². The van der Waals surface area contributed by atoms with Gasteiger partial charge >= 0.3 is 0 Å². The lowest BCUT2D eigenvalue weighted by Gasteiger charge is -2.15. The van der Waals surface area contributed by atoms with Crippen LogP contribution < -0.4 is 5.32 Å². The number of nitrogens with zero attached hydrogens (tertiary/aromatic N) is 3. The Hall–Kier alpha value is -1.36. The second-order valence-corrected chi connectivity index (χ2v) is 4.45. The van der Waals surface area contributed by atoms with Gasteiger partial charge in [0, 0.05) is 19.2 Å². The molecule has 5 nitrogen and oxygen atoms in total. The highest BCUT2D eigenvalue weighted by Crippen LogP contribution is 2.22. The van der Waals surface area contributed by atoms with Crippen molar-refractivity contribution in [2.45, 2.75) is 25.8 Å². The summed E-state index contributed by atoms with van der Waals surface area (Å²) in [4.78, 5) is 21.6. The van der Waals surface area contributed by atoms with E-state index in [1.54, 1.807) is 11.9 Å². The molecule has 0 radical (unpaired) electrons. The number of rotatable bonds is 3. The van der Waals surface area contributed by atoms with Crippen LogP contribution in [0, 0.1) is 0 Å². The Bertz CT molecular complexity index is 437. The van der Waals surface area contributed by atoms with Gasteiger partial charge in [0.15, 0.2) is 0 Å². The van der Waals surface area contributed by atoms with Gasteiger partial charge in [-0.2, -0.15) is 0 Å². The number of aromatic nitrogens is 2. The maximum absolute atomic E-state index is 11.8. The number of halogens is 1. The van der Waals surface area contributed by atoms with Crippen LogP contribution in [0.4, 0.5) is 5.82 Å². The van der Waals surface area contributed by atoms with Gasteiger partial charge in [-0.05, 0) is 12.8 Å². The van der Waals surface area contributed by atoms with Gasteiger partial charge in [0.25, 0.3) is 0 Å². The van der Waals surface area contributed by atoms with E-state index in [9.17, 15) is 4.79 Å². The summed E-state index contributed by atoms with van der Waals surface area (Å²) < 4.78 is 0. The van der Waals surface area contributed by atoms with Crippen LogP contribution in [0.2, 0.25) is 5.15 Å². The lowest BCUT2D eigenvalue weighted by Crippen LogP contribution is -2.31. The topological polar surface area (TPSA) is 58.1 Å². The molecule has 1 saturated heterocycles. The third-order valence-corrected chi connectivity index (χ3v) is 3.31. The molecule has 1 amide bonds. The molecular formula is C11H15ClN4O. The highest BCUT2D eigenvalue weighted by molar-refractivity contribution is 6.30. The summed E-state index contributed by atoms with van der Waals surface area (Å²) in [6.07, 6.45) is 2.94. The van der Waals surface area contributed by atoms with E-state index < -0.39 is 0 Å². The highest BCUT2D eigenvalue weighted by atomic mass is 35.5. The zero-order valence-corrected chi connectivity index (χ0v) is 10.7. The van der Waals surface area contributed by atoms with Crippen LogP contribution >= 0.6 is 11.6 Å². The van der Waals surface area contributed by atoms with E-state index in [-0.39, 0.29) is 11.9 Å². The van der Waals surface area contributed by atoms with Gasteiger partial charge in [-0.15, -0.1) is 0 Å². The first kappa shape index (κ1) is 12.1. The van der Waals surface area contributed by atoms with Crippen LogP contribution in [0.25, 0.3) is 0 Å². The molecular weight excluding hydrogens is 240 g/mol. The summed E-state index contributed by atoms with van der Waals surface area (Å²) in [6.45, 7) is 2.76. The fourth-order valence-electron chi connectivity index (χ4n) is 1.95. The first-order chi connectivity index (χ1) is 8.13. The van der Waals surface area contributed by atoms with E-state index in [0.29, 0.717) is 11.0 Å². The fraction of sp³-hybridized carbons (Fsp3) is 0.545. The average molecular weight is 255 g/mol.